The Labute approximate surface area is 172 Å². The van der Waals surface area contributed by atoms with E-state index in [9.17, 15) is 9.59 Å². The fourth-order valence-corrected chi connectivity index (χ4v) is 3.78. The average molecular weight is 396 g/mol. The monoisotopic (exact) mass is 395 g/mol. The number of amides is 2. The largest absolute Gasteiger partial charge is 0.497 e. The number of likely N-dealkylation sites (N-methyl/N-ethyl adjacent to an activating group) is 1. The number of rotatable bonds is 6. The molecule has 1 unspecified atom stereocenters. The highest BCUT2D eigenvalue weighted by atomic mass is 16.5. The van der Waals surface area contributed by atoms with Gasteiger partial charge in [-0.15, -0.1) is 0 Å². The summed E-state index contributed by atoms with van der Waals surface area (Å²) in [6, 6.07) is 15.3. The molecule has 2 aromatic rings. The Morgan fingerprint density at radius 1 is 1.21 bits per heavy atom. The molecule has 0 aliphatic carbocycles. The lowest BCUT2D eigenvalue weighted by Crippen LogP contribution is -2.60. The molecule has 0 saturated carbocycles. The zero-order chi connectivity index (χ0) is 21.2. The van der Waals surface area contributed by atoms with Crippen LogP contribution in [0, 0.1) is 0 Å². The molecular formula is C23H29N3O3. The molecule has 6 nitrogen and oxygen atoms in total. The van der Waals surface area contributed by atoms with Gasteiger partial charge in [0.05, 0.1) is 25.0 Å². The van der Waals surface area contributed by atoms with Gasteiger partial charge in [0.2, 0.25) is 11.8 Å². The van der Waals surface area contributed by atoms with E-state index >= 15 is 0 Å². The molecule has 0 bridgehead atoms. The standard InChI is InChI=1S/C23H29N3O3/c1-6-25(16(2)17-10-9-11-18(14-17)29-5)15-21(27)26-20-13-8-7-12-19(20)24-22(28)23(26,3)4/h7-14,16H,6,15H2,1-5H3,(H,24,28). The van der Waals surface area contributed by atoms with Gasteiger partial charge in [-0.05, 0) is 57.1 Å². The minimum Gasteiger partial charge on any atom is -0.497 e. The Morgan fingerprint density at radius 3 is 2.62 bits per heavy atom. The van der Waals surface area contributed by atoms with Gasteiger partial charge in [-0.25, -0.2) is 0 Å². The highest BCUT2D eigenvalue weighted by Gasteiger charge is 2.43. The number of nitrogens with zero attached hydrogens (tertiary/aromatic N) is 2. The number of nitrogens with one attached hydrogen (secondary N) is 1. The summed E-state index contributed by atoms with van der Waals surface area (Å²) >= 11 is 0. The lowest BCUT2D eigenvalue weighted by atomic mass is 9.96. The summed E-state index contributed by atoms with van der Waals surface area (Å²) in [7, 11) is 1.64. The van der Waals surface area contributed by atoms with Crippen LogP contribution in [0.1, 0.15) is 39.3 Å². The first-order valence-electron chi connectivity index (χ1n) is 9.91. The second kappa shape index (κ2) is 8.25. The lowest BCUT2D eigenvalue weighted by molar-refractivity contribution is -0.127. The van der Waals surface area contributed by atoms with Crippen molar-refractivity contribution in [3.8, 4) is 5.75 Å². The van der Waals surface area contributed by atoms with Gasteiger partial charge in [-0.3, -0.25) is 19.4 Å². The molecule has 0 spiro atoms. The summed E-state index contributed by atoms with van der Waals surface area (Å²) in [4.78, 5) is 29.8. The van der Waals surface area contributed by atoms with E-state index in [1.54, 1.807) is 25.9 Å². The molecule has 0 radical (unpaired) electrons. The third kappa shape index (κ3) is 3.98. The van der Waals surface area contributed by atoms with Crippen LogP contribution in [0.3, 0.4) is 0 Å². The van der Waals surface area contributed by atoms with E-state index in [1.807, 2.05) is 55.5 Å². The van der Waals surface area contributed by atoms with Crippen molar-refractivity contribution in [2.45, 2.75) is 39.3 Å². The third-order valence-electron chi connectivity index (χ3n) is 5.63. The molecule has 0 fully saturated rings. The Balaban J connectivity index is 1.88. The SMILES string of the molecule is CCN(CC(=O)N1c2ccccc2NC(=O)C1(C)C)C(C)c1cccc(OC)c1. The van der Waals surface area contributed by atoms with Crippen LogP contribution in [-0.2, 0) is 9.59 Å². The van der Waals surface area contributed by atoms with Crippen molar-refractivity contribution in [2.24, 2.45) is 0 Å². The van der Waals surface area contributed by atoms with Crippen LogP contribution in [0.5, 0.6) is 5.75 Å². The number of carbonyl (C=O) groups excluding carboxylic acids is 2. The Bertz CT molecular complexity index is 910. The van der Waals surface area contributed by atoms with E-state index in [2.05, 4.69) is 17.1 Å². The highest BCUT2D eigenvalue weighted by Crippen LogP contribution is 2.37. The second-order valence-electron chi connectivity index (χ2n) is 7.78. The zero-order valence-electron chi connectivity index (χ0n) is 17.7. The lowest BCUT2D eigenvalue weighted by Gasteiger charge is -2.43. The molecule has 0 aromatic heterocycles. The van der Waals surface area contributed by atoms with Gasteiger partial charge in [-0.1, -0.05) is 31.2 Å². The zero-order valence-corrected chi connectivity index (χ0v) is 17.7. The fraction of sp³-hybridized carbons (Fsp3) is 0.391. The molecular weight excluding hydrogens is 366 g/mol. The maximum atomic E-state index is 13.4. The van der Waals surface area contributed by atoms with Gasteiger partial charge in [0.25, 0.3) is 0 Å². The van der Waals surface area contributed by atoms with Gasteiger partial charge in [0.1, 0.15) is 11.3 Å². The number of fused-ring (bicyclic) bond motifs is 1. The first-order chi connectivity index (χ1) is 13.8. The number of carbonyl (C=O) groups is 2. The van der Waals surface area contributed by atoms with Crippen LogP contribution in [0.25, 0.3) is 0 Å². The molecule has 2 amide bonds. The summed E-state index contributed by atoms with van der Waals surface area (Å²) in [5.41, 5.74) is 1.50. The maximum absolute atomic E-state index is 13.4. The van der Waals surface area contributed by atoms with E-state index < -0.39 is 5.54 Å². The first-order valence-corrected chi connectivity index (χ1v) is 9.91. The number of benzene rings is 2. The normalized spacial score (nSPS) is 16.2. The predicted molar refractivity (Wildman–Crippen MR) is 115 cm³/mol. The van der Waals surface area contributed by atoms with Gasteiger partial charge in [0, 0.05) is 6.04 Å². The van der Waals surface area contributed by atoms with Gasteiger partial charge in [0.15, 0.2) is 0 Å². The van der Waals surface area contributed by atoms with Gasteiger partial charge < -0.3 is 10.1 Å². The predicted octanol–water partition coefficient (Wildman–Crippen LogP) is 3.84. The van der Waals surface area contributed by atoms with Gasteiger partial charge in [-0.2, -0.15) is 0 Å². The van der Waals surface area contributed by atoms with E-state index in [4.69, 9.17) is 4.74 Å². The fourth-order valence-electron chi connectivity index (χ4n) is 3.78. The summed E-state index contributed by atoms with van der Waals surface area (Å²) < 4.78 is 5.33. The molecule has 1 atom stereocenters. The van der Waals surface area contributed by atoms with Gasteiger partial charge >= 0.3 is 0 Å². The Morgan fingerprint density at radius 2 is 1.93 bits per heavy atom. The van der Waals surface area contributed by atoms with Crippen LogP contribution >= 0.6 is 0 Å². The molecule has 2 aromatic carbocycles. The van der Waals surface area contributed by atoms with Crippen molar-refractivity contribution < 1.29 is 14.3 Å². The highest BCUT2D eigenvalue weighted by molar-refractivity contribution is 6.14. The average Bonchev–Trinajstić information content (AvgIpc) is 2.72. The molecule has 6 heteroatoms. The molecule has 1 heterocycles. The molecule has 1 aliphatic heterocycles. The molecule has 1 N–H and O–H groups in total. The first kappa shape index (κ1) is 20.9. The number of anilines is 2. The summed E-state index contributed by atoms with van der Waals surface area (Å²) in [6.45, 7) is 8.57. The molecule has 29 heavy (non-hydrogen) atoms. The van der Waals surface area contributed by atoms with Crippen molar-refractivity contribution >= 4 is 23.2 Å². The number of hydrogen-bond acceptors (Lipinski definition) is 4. The van der Waals surface area contributed by atoms with E-state index in [1.165, 1.54) is 0 Å². The summed E-state index contributed by atoms with van der Waals surface area (Å²) in [5.74, 6) is 0.502. The van der Waals surface area contributed by atoms with E-state index in [0.717, 1.165) is 17.0 Å². The number of para-hydroxylation sites is 2. The van der Waals surface area contributed by atoms with E-state index in [-0.39, 0.29) is 24.4 Å². The summed E-state index contributed by atoms with van der Waals surface area (Å²) in [5, 5.41) is 2.90. The number of methoxy groups -OCH3 is 1. The quantitative estimate of drug-likeness (QED) is 0.807. The van der Waals surface area contributed by atoms with E-state index in [0.29, 0.717) is 12.2 Å². The minimum absolute atomic E-state index is 0.0241. The second-order valence-corrected chi connectivity index (χ2v) is 7.78. The smallest absolute Gasteiger partial charge is 0.250 e. The number of hydrogen-bond donors (Lipinski definition) is 1. The molecule has 3 rings (SSSR count). The Hall–Kier alpha value is -2.86. The van der Waals surface area contributed by atoms with Crippen LogP contribution in [0.15, 0.2) is 48.5 Å². The van der Waals surface area contributed by atoms with Crippen LogP contribution in [0.2, 0.25) is 0 Å². The third-order valence-corrected chi connectivity index (χ3v) is 5.63. The van der Waals surface area contributed by atoms with Crippen LogP contribution in [-0.4, -0.2) is 42.5 Å². The van der Waals surface area contributed by atoms with Crippen LogP contribution in [0.4, 0.5) is 11.4 Å². The molecule has 1 aliphatic rings. The topological polar surface area (TPSA) is 61.9 Å². The Kier molecular flexibility index (Phi) is 5.94. The molecule has 0 saturated heterocycles. The van der Waals surface area contributed by atoms with Crippen molar-refractivity contribution in [3.63, 3.8) is 0 Å². The summed E-state index contributed by atoms with van der Waals surface area (Å²) in [6.07, 6.45) is 0. The van der Waals surface area contributed by atoms with Crippen molar-refractivity contribution in [1.82, 2.24) is 4.90 Å². The minimum atomic E-state index is -0.968. The van der Waals surface area contributed by atoms with Crippen molar-refractivity contribution in [1.29, 1.82) is 0 Å². The molecule has 154 valence electrons. The van der Waals surface area contributed by atoms with Crippen molar-refractivity contribution in [2.75, 3.05) is 30.4 Å². The maximum Gasteiger partial charge on any atom is 0.250 e. The number of ether oxygens (including phenoxy) is 1. The van der Waals surface area contributed by atoms with Crippen molar-refractivity contribution in [3.05, 3.63) is 54.1 Å². The van der Waals surface area contributed by atoms with Crippen LogP contribution < -0.4 is 15.0 Å².